The van der Waals surface area contributed by atoms with E-state index < -0.39 is 0 Å². The van der Waals surface area contributed by atoms with E-state index in [0.29, 0.717) is 6.04 Å². The van der Waals surface area contributed by atoms with Crippen LogP contribution in [0.2, 0.25) is 0 Å². The summed E-state index contributed by atoms with van der Waals surface area (Å²) in [5, 5.41) is 17.6. The zero-order chi connectivity index (χ0) is 17.5. The Morgan fingerprint density at radius 1 is 1.08 bits per heavy atom. The van der Waals surface area contributed by atoms with Crippen molar-refractivity contribution in [1.82, 2.24) is 19.8 Å². The SMILES string of the molecule is Cc1ccccc1C1CCCN1c1ccc2nnc(-c3ccsc3)n2n1. The fourth-order valence-corrected chi connectivity index (χ4v) is 4.46. The van der Waals surface area contributed by atoms with Crippen molar-refractivity contribution in [2.45, 2.75) is 25.8 Å². The smallest absolute Gasteiger partial charge is 0.186 e. The summed E-state index contributed by atoms with van der Waals surface area (Å²) in [6.45, 7) is 3.21. The van der Waals surface area contributed by atoms with Gasteiger partial charge in [-0.1, -0.05) is 24.3 Å². The largest absolute Gasteiger partial charge is 0.348 e. The fraction of sp³-hybridized carbons (Fsp3) is 0.250. The van der Waals surface area contributed by atoms with Gasteiger partial charge in [-0.3, -0.25) is 0 Å². The Labute approximate surface area is 155 Å². The van der Waals surface area contributed by atoms with Crippen LogP contribution in [0.25, 0.3) is 17.0 Å². The van der Waals surface area contributed by atoms with Crippen LogP contribution in [0.4, 0.5) is 5.82 Å². The van der Waals surface area contributed by atoms with Gasteiger partial charge in [0.05, 0.1) is 6.04 Å². The summed E-state index contributed by atoms with van der Waals surface area (Å²) < 4.78 is 1.87. The van der Waals surface area contributed by atoms with Gasteiger partial charge in [0.15, 0.2) is 11.5 Å². The number of rotatable bonds is 3. The lowest BCUT2D eigenvalue weighted by molar-refractivity contribution is 0.698. The molecule has 4 heterocycles. The van der Waals surface area contributed by atoms with Crippen LogP contribution in [0.15, 0.2) is 53.2 Å². The molecule has 0 N–H and O–H groups in total. The molecule has 0 amide bonds. The van der Waals surface area contributed by atoms with E-state index in [9.17, 15) is 0 Å². The summed E-state index contributed by atoms with van der Waals surface area (Å²) in [6, 6.07) is 15.2. The average Bonchev–Trinajstić information content (AvgIpc) is 3.41. The molecule has 1 unspecified atom stereocenters. The minimum Gasteiger partial charge on any atom is -0.348 e. The highest BCUT2D eigenvalue weighted by Crippen LogP contribution is 2.36. The number of hydrogen-bond acceptors (Lipinski definition) is 5. The van der Waals surface area contributed by atoms with Crippen molar-refractivity contribution in [3.8, 4) is 11.4 Å². The molecular weight excluding hydrogens is 342 g/mol. The van der Waals surface area contributed by atoms with Crippen LogP contribution in [0.3, 0.4) is 0 Å². The molecule has 1 aromatic carbocycles. The standard InChI is InChI=1S/C20H19N5S/c1-14-5-2-3-6-16(14)17-7-4-11-24(17)19-9-8-18-21-22-20(25(18)23-19)15-10-12-26-13-15/h2-3,5-6,8-10,12-13,17H,4,7,11H2,1H3. The number of thiophene rings is 1. The molecule has 0 bridgehead atoms. The lowest BCUT2D eigenvalue weighted by atomic mass is 9.99. The topological polar surface area (TPSA) is 46.3 Å². The van der Waals surface area contributed by atoms with E-state index >= 15 is 0 Å². The Hall–Kier alpha value is -2.73. The Balaban J connectivity index is 1.58. The number of anilines is 1. The van der Waals surface area contributed by atoms with Gasteiger partial charge < -0.3 is 4.90 Å². The van der Waals surface area contributed by atoms with Crippen LogP contribution >= 0.6 is 11.3 Å². The van der Waals surface area contributed by atoms with Crippen LogP contribution in [0.1, 0.15) is 30.0 Å². The van der Waals surface area contributed by atoms with E-state index in [1.54, 1.807) is 11.3 Å². The van der Waals surface area contributed by atoms with Crippen molar-refractivity contribution in [2.24, 2.45) is 0 Å². The van der Waals surface area contributed by atoms with Gasteiger partial charge in [-0.25, -0.2) is 0 Å². The Kier molecular flexibility index (Phi) is 3.71. The first-order chi connectivity index (χ1) is 12.8. The van der Waals surface area contributed by atoms with Crippen LogP contribution in [0, 0.1) is 6.92 Å². The Morgan fingerprint density at radius 2 is 2.00 bits per heavy atom. The Morgan fingerprint density at radius 3 is 2.85 bits per heavy atom. The van der Waals surface area contributed by atoms with Gasteiger partial charge in [0.1, 0.15) is 5.82 Å². The molecule has 0 aliphatic carbocycles. The van der Waals surface area contributed by atoms with Gasteiger partial charge in [-0.2, -0.15) is 15.9 Å². The molecule has 5 nitrogen and oxygen atoms in total. The van der Waals surface area contributed by atoms with Gasteiger partial charge in [-0.15, -0.1) is 15.3 Å². The summed E-state index contributed by atoms with van der Waals surface area (Å²) in [5.41, 5.74) is 4.58. The molecule has 1 fully saturated rings. The van der Waals surface area contributed by atoms with E-state index in [-0.39, 0.29) is 0 Å². The molecule has 3 aromatic heterocycles. The van der Waals surface area contributed by atoms with E-state index in [4.69, 9.17) is 5.10 Å². The highest BCUT2D eigenvalue weighted by molar-refractivity contribution is 7.08. The number of benzene rings is 1. The second-order valence-corrected chi connectivity index (χ2v) is 7.49. The number of aryl methyl sites for hydroxylation is 1. The Bertz CT molecular complexity index is 1050. The van der Waals surface area contributed by atoms with Gasteiger partial charge in [-0.05, 0) is 54.5 Å². The van der Waals surface area contributed by atoms with Crippen molar-refractivity contribution in [1.29, 1.82) is 0 Å². The first-order valence-corrected chi connectivity index (χ1v) is 9.83. The zero-order valence-electron chi connectivity index (χ0n) is 14.5. The number of fused-ring (bicyclic) bond motifs is 1. The predicted molar refractivity (Wildman–Crippen MR) is 105 cm³/mol. The molecule has 5 rings (SSSR count). The van der Waals surface area contributed by atoms with Crippen LogP contribution in [0.5, 0.6) is 0 Å². The molecule has 1 saturated heterocycles. The quantitative estimate of drug-likeness (QED) is 0.539. The highest BCUT2D eigenvalue weighted by atomic mass is 32.1. The zero-order valence-corrected chi connectivity index (χ0v) is 15.4. The van der Waals surface area contributed by atoms with Crippen molar-refractivity contribution in [2.75, 3.05) is 11.4 Å². The molecule has 1 aliphatic rings. The first-order valence-electron chi connectivity index (χ1n) is 8.88. The maximum Gasteiger partial charge on any atom is 0.186 e. The van der Waals surface area contributed by atoms with Crippen LogP contribution in [-0.4, -0.2) is 26.4 Å². The molecule has 6 heteroatoms. The molecule has 1 aliphatic heterocycles. The maximum absolute atomic E-state index is 4.90. The van der Waals surface area contributed by atoms with Crippen LogP contribution < -0.4 is 4.90 Å². The fourth-order valence-electron chi connectivity index (χ4n) is 3.83. The third-order valence-electron chi connectivity index (χ3n) is 5.12. The van der Waals surface area contributed by atoms with E-state index in [2.05, 4.69) is 69.2 Å². The number of nitrogens with zero attached hydrogens (tertiary/aromatic N) is 5. The third-order valence-corrected chi connectivity index (χ3v) is 5.81. The van der Waals surface area contributed by atoms with Gasteiger partial charge in [0.25, 0.3) is 0 Å². The monoisotopic (exact) mass is 361 g/mol. The van der Waals surface area contributed by atoms with Gasteiger partial charge in [0.2, 0.25) is 0 Å². The predicted octanol–water partition coefficient (Wildman–Crippen LogP) is 4.50. The normalized spacial score (nSPS) is 17.3. The lowest BCUT2D eigenvalue weighted by Crippen LogP contribution is -2.24. The minimum absolute atomic E-state index is 0.377. The van der Waals surface area contributed by atoms with Crippen molar-refractivity contribution < 1.29 is 0 Å². The lowest BCUT2D eigenvalue weighted by Gasteiger charge is -2.27. The summed E-state index contributed by atoms with van der Waals surface area (Å²) >= 11 is 1.66. The summed E-state index contributed by atoms with van der Waals surface area (Å²) in [6.07, 6.45) is 2.34. The molecular formula is C20H19N5S. The van der Waals surface area contributed by atoms with E-state index in [1.807, 2.05) is 10.6 Å². The van der Waals surface area contributed by atoms with Gasteiger partial charge >= 0.3 is 0 Å². The molecule has 26 heavy (non-hydrogen) atoms. The minimum atomic E-state index is 0.377. The van der Waals surface area contributed by atoms with E-state index in [1.165, 1.54) is 17.5 Å². The van der Waals surface area contributed by atoms with Crippen LogP contribution in [-0.2, 0) is 0 Å². The van der Waals surface area contributed by atoms with E-state index in [0.717, 1.165) is 35.8 Å². The third kappa shape index (κ3) is 2.49. The number of aromatic nitrogens is 4. The van der Waals surface area contributed by atoms with Crippen molar-refractivity contribution in [3.63, 3.8) is 0 Å². The summed E-state index contributed by atoms with van der Waals surface area (Å²) in [7, 11) is 0. The second-order valence-electron chi connectivity index (χ2n) is 6.71. The van der Waals surface area contributed by atoms with Crippen molar-refractivity contribution in [3.05, 3.63) is 64.4 Å². The molecule has 4 aromatic rings. The first kappa shape index (κ1) is 15.5. The number of hydrogen-bond donors (Lipinski definition) is 0. The highest BCUT2D eigenvalue weighted by Gasteiger charge is 2.28. The molecule has 0 spiro atoms. The molecule has 0 saturated carbocycles. The average molecular weight is 361 g/mol. The summed E-state index contributed by atoms with van der Waals surface area (Å²) in [4.78, 5) is 2.42. The molecule has 1 atom stereocenters. The van der Waals surface area contributed by atoms with Crippen molar-refractivity contribution >= 4 is 22.8 Å². The second kappa shape index (κ2) is 6.21. The molecule has 130 valence electrons. The molecule has 0 radical (unpaired) electrons. The summed E-state index contributed by atoms with van der Waals surface area (Å²) in [5.74, 6) is 1.79. The van der Waals surface area contributed by atoms with Gasteiger partial charge in [0, 0.05) is 17.5 Å². The maximum atomic E-state index is 4.90.